The fourth-order valence-electron chi connectivity index (χ4n) is 4.74. The largest absolute Gasteiger partial charge is 0.481 e. The third kappa shape index (κ3) is 3.72. The second kappa shape index (κ2) is 7.60. The molecule has 0 aromatic heterocycles. The van der Waals surface area contributed by atoms with Crippen molar-refractivity contribution < 1.29 is 19.4 Å². The summed E-state index contributed by atoms with van der Waals surface area (Å²) in [5.74, 6) is 2.16. The lowest BCUT2D eigenvalue weighted by atomic mass is 9.57. The molecule has 4 rings (SSSR count). The highest BCUT2D eigenvalue weighted by molar-refractivity contribution is 5.66. The molecule has 4 aliphatic rings. The van der Waals surface area contributed by atoms with Gasteiger partial charge in [-0.2, -0.15) is 0 Å². The molecule has 1 aliphatic heterocycles. The van der Waals surface area contributed by atoms with Crippen molar-refractivity contribution >= 4 is 5.97 Å². The van der Waals surface area contributed by atoms with Crippen LogP contribution in [0.25, 0.3) is 0 Å². The van der Waals surface area contributed by atoms with E-state index in [2.05, 4.69) is 12.2 Å². The zero-order valence-corrected chi connectivity index (χ0v) is 13.3. The van der Waals surface area contributed by atoms with Crippen LogP contribution < -0.4 is 0 Å². The number of hydrogen-bond acceptors (Lipinski definition) is 3. The molecule has 124 valence electrons. The molecule has 1 N–H and O–H groups in total. The molecule has 4 nitrogen and oxygen atoms in total. The Morgan fingerprint density at radius 1 is 1.05 bits per heavy atom. The molecule has 2 atom stereocenters. The number of aliphatic carboxylic acids is 1. The van der Waals surface area contributed by atoms with Crippen LogP contribution in [0, 0.1) is 23.7 Å². The smallest absolute Gasteiger partial charge is 0.303 e. The number of carboxylic acids is 1. The Hall–Kier alpha value is -0.870. The molecular weight excluding hydrogens is 280 g/mol. The van der Waals surface area contributed by atoms with Crippen LogP contribution in [-0.2, 0) is 14.3 Å². The van der Waals surface area contributed by atoms with E-state index in [4.69, 9.17) is 14.6 Å². The van der Waals surface area contributed by atoms with Gasteiger partial charge in [0.25, 0.3) is 0 Å². The molecule has 1 saturated heterocycles. The Morgan fingerprint density at radius 3 is 2.41 bits per heavy atom. The van der Waals surface area contributed by atoms with E-state index in [1.807, 2.05) is 0 Å². The first-order valence-electron chi connectivity index (χ1n) is 8.85. The first-order chi connectivity index (χ1) is 10.8. The van der Waals surface area contributed by atoms with E-state index in [0.29, 0.717) is 11.8 Å². The predicted molar refractivity (Wildman–Crippen MR) is 83.4 cm³/mol. The van der Waals surface area contributed by atoms with Crippen LogP contribution in [0.1, 0.15) is 51.4 Å². The monoisotopic (exact) mass is 308 g/mol. The van der Waals surface area contributed by atoms with Crippen molar-refractivity contribution in [3.8, 4) is 0 Å². The molecule has 1 heterocycles. The summed E-state index contributed by atoms with van der Waals surface area (Å²) in [7, 11) is 0. The fraction of sp³-hybridized carbons (Fsp3) is 0.833. The van der Waals surface area contributed by atoms with Crippen molar-refractivity contribution in [3.05, 3.63) is 12.2 Å². The van der Waals surface area contributed by atoms with E-state index in [9.17, 15) is 4.79 Å². The van der Waals surface area contributed by atoms with Crippen molar-refractivity contribution in [2.45, 2.75) is 57.7 Å². The van der Waals surface area contributed by atoms with Crippen LogP contribution in [0.15, 0.2) is 12.2 Å². The second-order valence-corrected chi connectivity index (χ2v) is 7.02. The molecule has 0 radical (unpaired) electrons. The lowest BCUT2D eigenvalue weighted by molar-refractivity contribution is -0.152. The molecule has 4 heteroatoms. The Morgan fingerprint density at radius 2 is 1.73 bits per heavy atom. The third-order valence-corrected chi connectivity index (χ3v) is 5.76. The van der Waals surface area contributed by atoms with E-state index in [1.54, 1.807) is 0 Å². The van der Waals surface area contributed by atoms with Crippen LogP contribution in [-0.4, -0.2) is 30.6 Å². The van der Waals surface area contributed by atoms with Gasteiger partial charge in [0.1, 0.15) is 0 Å². The molecule has 0 amide bonds. The number of hydrogen-bond donors (Lipinski definition) is 1. The van der Waals surface area contributed by atoms with Gasteiger partial charge in [0.05, 0.1) is 13.2 Å². The summed E-state index contributed by atoms with van der Waals surface area (Å²) in [6.45, 7) is 1.49. The van der Waals surface area contributed by atoms with Gasteiger partial charge in [0.15, 0.2) is 6.29 Å². The lowest BCUT2D eigenvalue weighted by Gasteiger charge is -2.50. The van der Waals surface area contributed by atoms with E-state index >= 15 is 0 Å². The standard InChI is InChI=1S/C18H28O4/c19-16(20)6-4-2-1-3-5-15-13-7-9-14(10-8-13)17(15)18-21-11-12-22-18/h1,3,13-15,17-18H,2,4-12H2,(H,19,20)/b3-1-/t13?,14?,15-,17-/m0/s1. The van der Waals surface area contributed by atoms with Gasteiger partial charge in [-0.3, -0.25) is 4.79 Å². The van der Waals surface area contributed by atoms with Crippen molar-refractivity contribution in [2.75, 3.05) is 13.2 Å². The van der Waals surface area contributed by atoms with Gasteiger partial charge in [-0.25, -0.2) is 0 Å². The van der Waals surface area contributed by atoms with Crippen LogP contribution >= 0.6 is 0 Å². The maximum absolute atomic E-state index is 10.5. The van der Waals surface area contributed by atoms with Gasteiger partial charge in [0, 0.05) is 12.3 Å². The normalized spacial score (nSPS) is 35.5. The average Bonchev–Trinajstić information content (AvgIpc) is 3.05. The summed E-state index contributed by atoms with van der Waals surface area (Å²) < 4.78 is 11.7. The van der Waals surface area contributed by atoms with Crippen LogP contribution in [0.3, 0.4) is 0 Å². The Bertz CT molecular complexity index is 390. The Kier molecular flexibility index (Phi) is 5.53. The number of carbonyl (C=O) groups is 1. The van der Waals surface area contributed by atoms with Gasteiger partial charge in [-0.1, -0.05) is 12.2 Å². The van der Waals surface area contributed by atoms with Gasteiger partial charge < -0.3 is 14.6 Å². The van der Waals surface area contributed by atoms with Crippen molar-refractivity contribution in [1.82, 2.24) is 0 Å². The summed E-state index contributed by atoms with van der Waals surface area (Å²) in [5.41, 5.74) is 0. The first kappa shape index (κ1) is 16.0. The molecule has 0 unspecified atom stereocenters. The van der Waals surface area contributed by atoms with Crippen LogP contribution in [0.4, 0.5) is 0 Å². The summed E-state index contributed by atoms with van der Waals surface area (Å²) in [6, 6.07) is 0. The maximum Gasteiger partial charge on any atom is 0.303 e. The number of fused-ring (bicyclic) bond motifs is 3. The van der Waals surface area contributed by atoms with Crippen molar-refractivity contribution in [3.63, 3.8) is 0 Å². The molecule has 3 aliphatic carbocycles. The minimum Gasteiger partial charge on any atom is -0.481 e. The quantitative estimate of drug-likeness (QED) is 0.576. The Balaban J connectivity index is 1.53. The topological polar surface area (TPSA) is 55.8 Å². The highest BCUT2D eigenvalue weighted by atomic mass is 16.7. The number of unbranched alkanes of at least 4 members (excludes halogenated alkanes) is 1. The minimum atomic E-state index is -0.700. The van der Waals surface area contributed by atoms with Gasteiger partial charge >= 0.3 is 5.97 Å². The molecular formula is C18H28O4. The van der Waals surface area contributed by atoms with Crippen molar-refractivity contribution in [1.29, 1.82) is 0 Å². The Labute approximate surface area is 132 Å². The third-order valence-electron chi connectivity index (χ3n) is 5.76. The molecule has 22 heavy (non-hydrogen) atoms. The maximum atomic E-state index is 10.5. The lowest BCUT2D eigenvalue weighted by Crippen LogP contribution is -2.45. The van der Waals surface area contributed by atoms with E-state index in [0.717, 1.165) is 44.3 Å². The predicted octanol–water partition coefficient (Wildman–Crippen LogP) is 3.61. The highest BCUT2D eigenvalue weighted by Crippen LogP contribution is 2.52. The molecule has 0 spiro atoms. The summed E-state index contributed by atoms with van der Waals surface area (Å²) >= 11 is 0. The average molecular weight is 308 g/mol. The molecule has 3 saturated carbocycles. The molecule has 4 fully saturated rings. The second-order valence-electron chi connectivity index (χ2n) is 7.02. The van der Waals surface area contributed by atoms with Crippen molar-refractivity contribution in [2.24, 2.45) is 23.7 Å². The molecule has 2 bridgehead atoms. The number of allylic oxidation sites excluding steroid dienone is 2. The first-order valence-corrected chi connectivity index (χ1v) is 8.85. The zero-order valence-electron chi connectivity index (χ0n) is 13.3. The highest BCUT2D eigenvalue weighted by Gasteiger charge is 2.47. The van der Waals surface area contributed by atoms with E-state index in [-0.39, 0.29) is 12.7 Å². The fourth-order valence-corrected chi connectivity index (χ4v) is 4.74. The SMILES string of the molecule is O=C(O)CCC/C=C\C[C@H]1C2CCC(CC2)[C@@H]1C1OCCO1. The summed E-state index contributed by atoms with van der Waals surface area (Å²) in [4.78, 5) is 10.5. The molecule has 0 aromatic rings. The summed E-state index contributed by atoms with van der Waals surface area (Å²) in [5, 5.41) is 8.65. The van der Waals surface area contributed by atoms with Gasteiger partial charge in [-0.05, 0) is 62.7 Å². The number of carboxylic acid groups (broad SMARTS) is 1. The molecule has 0 aromatic carbocycles. The van der Waals surface area contributed by atoms with E-state index < -0.39 is 5.97 Å². The van der Waals surface area contributed by atoms with Crippen LogP contribution in [0.2, 0.25) is 0 Å². The zero-order chi connectivity index (χ0) is 15.4. The van der Waals surface area contributed by atoms with Crippen LogP contribution in [0.5, 0.6) is 0 Å². The number of rotatable bonds is 7. The van der Waals surface area contributed by atoms with Gasteiger partial charge in [-0.15, -0.1) is 0 Å². The summed E-state index contributed by atoms with van der Waals surface area (Å²) in [6.07, 6.45) is 12.9. The minimum absolute atomic E-state index is 0.0264. The van der Waals surface area contributed by atoms with E-state index in [1.165, 1.54) is 25.7 Å². The van der Waals surface area contributed by atoms with Gasteiger partial charge in [0.2, 0.25) is 0 Å². The number of ether oxygens (including phenoxy) is 2.